The number of carbonyl (C=O) groups is 2. The van der Waals surface area contributed by atoms with Gasteiger partial charge in [0.25, 0.3) is 5.91 Å². The van der Waals surface area contributed by atoms with Crippen molar-refractivity contribution in [2.75, 3.05) is 27.3 Å². The van der Waals surface area contributed by atoms with Crippen molar-refractivity contribution in [1.82, 2.24) is 4.90 Å². The summed E-state index contributed by atoms with van der Waals surface area (Å²) in [4.78, 5) is 25.0. The van der Waals surface area contributed by atoms with Gasteiger partial charge in [-0.25, -0.2) is 0 Å². The van der Waals surface area contributed by atoms with Crippen molar-refractivity contribution in [3.63, 3.8) is 0 Å². The largest absolute Gasteiger partial charge is 0.497 e. The van der Waals surface area contributed by atoms with Crippen LogP contribution in [0.4, 0.5) is 0 Å². The smallest absolute Gasteiger partial charge is 0.305 e. The zero-order valence-electron chi connectivity index (χ0n) is 13.5. The number of nitrogens with zero attached hydrogens (tertiary/aromatic N) is 1. The molecule has 22 heavy (non-hydrogen) atoms. The van der Waals surface area contributed by atoms with Crippen LogP contribution in [0.1, 0.15) is 30.6 Å². The molecule has 0 heterocycles. The second kappa shape index (κ2) is 8.26. The van der Waals surface area contributed by atoms with Crippen LogP contribution in [0.2, 0.25) is 0 Å². The molecule has 0 saturated carbocycles. The van der Waals surface area contributed by atoms with Crippen LogP contribution in [0.3, 0.4) is 0 Å². The van der Waals surface area contributed by atoms with Crippen LogP contribution in [-0.2, 0) is 4.79 Å². The Morgan fingerprint density at radius 2 is 1.91 bits per heavy atom. The first kappa shape index (κ1) is 17.8. The fraction of sp³-hybridized carbons (Fsp3) is 0.500. The second-order valence-electron chi connectivity index (χ2n) is 5.35. The summed E-state index contributed by atoms with van der Waals surface area (Å²) in [5.74, 6) is 0.0717. The Kier molecular flexibility index (Phi) is 6.69. The highest BCUT2D eigenvalue weighted by Crippen LogP contribution is 2.26. The number of carbonyl (C=O) groups excluding carboxylic acids is 1. The fourth-order valence-electron chi connectivity index (χ4n) is 2.09. The minimum atomic E-state index is -0.928. The molecule has 0 aliphatic rings. The highest BCUT2D eigenvalue weighted by atomic mass is 16.5. The van der Waals surface area contributed by atoms with E-state index in [0.717, 1.165) is 0 Å². The van der Waals surface area contributed by atoms with Crippen molar-refractivity contribution in [2.45, 2.75) is 20.3 Å². The lowest BCUT2D eigenvalue weighted by Crippen LogP contribution is -2.36. The monoisotopic (exact) mass is 309 g/mol. The predicted octanol–water partition coefficient (Wildman–Crippen LogP) is 2.28. The predicted molar refractivity (Wildman–Crippen MR) is 82.5 cm³/mol. The standard InChI is InChI=1S/C16H23NO5/c1-11(2)10-17(8-7-15(18)19)16(20)13-6-5-12(21-3)9-14(13)22-4/h5-6,9,11H,7-8,10H2,1-4H3,(H,18,19). The van der Waals surface area contributed by atoms with Crippen LogP contribution in [-0.4, -0.2) is 49.2 Å². The van der Waals surface area contributed by atoms with E-state index < -0.39 is 5.97 Å². The topological polar surface area (TPSA) is 76.1 Å². The Morgan fingerprint density at radius 3 is 2.41 bits per heavy atom. The number of hydrogen-bond acceptors (Lipinski definition) is 4. The van der Waals surface area contributed by atoms with Crippen LogP contribution in [0, 0.1) is 5.92 Å². The fourth-order valence-corrected chi connectivity index (χ4v) is 2.09. The Hall–Kier alpha value is -2.24. The van der Waals surface area contributed by atoms with Gasteiger partial charge in [-0.3, -0.25) is 9.59 Å². The number of benzene rings is 1. The number of methoxy groups -OCH3 is 2. The van der Waals surface area contributed by atoms with Crippen molar-refractivity contribution in [1.29, 1.82) is 0 Å². The van der Waals surface area contributed by atoms with Crippen molar-refractivity contribution in [2.24, 2.45) is 5.92 Å². The Labute approximate surface area is 130 Å². The van der Waals surface area contributed by atoms with E-state index >= 15 is 0 Å². The van der Waals surface area contributed by atoms with Crippen molar-refractivity contribution in [3.05, 3.63) is 23.8 Å². The van der Waals surface area contributed by atoms with E-state index in [2.05, 4.69) is 0 Å². The molecule has 1 aromatic rings. The maximum Gasteiger partial charge on any atom is 0.305 e. The van der Waals surface area contributed by atoms with Crippen molar-refractivity contribution < 1.29 is 24.2 Å². The minimum absolute atomic E-state index is 0.0864. The van der Waals surface area contributed by atoms with Gasteiger partial charge < -0.3 is 19.5 Å². The maximum absolute atomic E-state index is 12.7. The van der Waals surface area contributed by atoms with Gasteiger partial charge in [-0.15, -0.1) is 0 Å². The second-order valence-corrected chi connectivity index (χ2v) is 5.35. The van der Waals surface area contributed by atoms with Crippen molar-refractivity contribution in [3.8, 4) is 11.5 Å². The average Bonchev–Trinajstić information content (AvgIpc) is 2.49. The van der Waals surface area contributed by atoms with Gasteiger partial charge in [-0.1, -0.05) is 13.8 Å². The Bertz CT molecular complexity index is 527. The summed E-state index contributed by atoms with van der Waals surface area (Å²) >= 11 is 0. The number of carboxylic acid groups (broad SMARTS) is 1. The third kappa shape index (κ3) is 4.95. The van der Waals surface area contributed by atoms with Gasteiger partial charge in [-0.2, -0.15) is 0 Å². The van der Waals surface area contributed by atoms with Gasteiger partial charge in [0.05, 0.1) is 26.2 Å². The molecule has 1 aromatic carbocycles. The van der Waals surface area contributed by atoms with Gasteiger partial charge >= 0.3 is 5.97 Å². The average molecular weight is 309 g/mol. The van der Waals surface area contributed by atoms with Crippen LogP contribution in [0.5, 0.6) is 11.5 Å². The highest BCUT2D eigenvalue weighted by molar-refractivity contribution is 5.97. The molecule has 0 fully saturated rings. The molecule has 6 heteroatoms. The van der Waals surface area contributed by atoms with E-state index in [0.29, 0.717) is 23.6 Å². The first-order valence-corrected chi connectivity index (χ1v) is 7.12. The summed E-state index contributed by atoms with van der Waals surface area (Å²) in [6.07, 6.45) is -0.0864. The molecular weight excluding hydrogens is 286 g/mol. The molecule has 0 saturated heterocycles. The lowest BCUT2D eigenvalue weighted by atomic mass is 10.1. The van der Waals surface area contributed by atoms with Gasteiger partial charge in [0.1, 0.15) is 11.5 Å². The number of rotatable bonds is 8. The Morgan fingerprint density at radius 1 is 1.23 bits per heavy atom. The number of carboxylic acids is 1. The molecule has 0 aromatic heterocycles. The molecule has 0 atom stereocenters. The molecule has 0 aliphatic heterocycles. The molecule has 0 bridgehead atoms. The van der Waals surface area contributed by atoms with E-state index in [1.807, 2.05) is 13.8 Å². The van der Waals surface area contributed by atoms with Crippen LogP contribution in [0.15, 0.2) is 18.2 Å². The summed E-state index contributed by atoms with van der Waals surface area (Å²) in [5.41, 5.74) is 0.398. The number of hydrogen-bond donors (Lipinski definition) is 1. The zero-order chi connectivity index (χ0) is 16.7. The molecule has 0 spiro atoms. The van der Waals surface area contributed by atoms with E-state index in [9.17, 15) is 9.59 Å². The normalized spacial score (nSPS) is 10.4. The zero-order valence-corrected chi connectivity index (χ0v) is 13.5. The summed E-state index contributed by atoms with van der Waals surface area (Å²) in [6.45, 7) is 4.61. The first-order valence-electron chi connectivity index (χ1n) is 7.12. The summed E-state index contributed by atoms with van der Waals surface area (Å²) in [6, 6.07) is 4.95. The first-order chi connectivity index (χ1) is 10.4. The van der Waals surface area contributed by atoms with Crippen LogP contribution < -0.4 is 9.47 Å². The van der Waals surface area contributed by atoms with Crippen LogP contribution >= 0.6 is 0 Å². The van der Waals surface area contributed by atoms with Gasteiger partial charge in [0, 0.05) is 19.2 Å². The maximum atomic E-state index is 12.7. The van der Waals surface area contributed by atoms with Gasteiger partial charge in [0.2, 0.25) is 0 Å². The van der Waals surface area contributed by atoms with E-state index in [4.69, 9.17) is 14.6 Å². The third-order valence-corrected chi connectivity index (χ3v) is 3.11. The van der Waals surface area contributed by atoms with Gasteiger partial charge in [0.15, 0.2) is 0 Å². The van der Waals surface area contributed by atoms with E-state index in [-0.39, 0.29) is 24.8 Å². The number of ether oxygens (including phenoxy) is 2. The minimum Gasteiger partial charge on any atom is -0.497 e. The molecule has 6 nitrogen and oxygen atoms in total. The number of amides is 1. The highest BCUT2D eigenvalue weighted by Gasteiger charge is 2.21. The Balaban J connectivity index is 3.03. The lowest BCUT2D eigenvalue weighted by molar-refractivity contribution is -0.137. The summed E-state index contributed by atoms with van der Waals surface area (Å²) < 4.78 is 10.4. The van der Waals surface area contributed by atoms with E-state index in [1.165, 1.54) is 14.2 Å². The van der Waals surface area contributed by atoms with Crippen molar-refractivity contribution >= 4 is 11.9 Å². The molecule has 122 valence electrons. The van der Waals surface area contributed by atoms with Crippen LogP contribution in [0.25, 0.3) is 0 Å². The molecule has 1 N–H and O–H groups in total. The summed E-state index contributed by atoms with van der Waals surface area (Å²) in [5, 5.41) is 8.84. The molecular formula is C16H23NO5. The van der Waals surface area contributed by atoms with E-state index in [1.54, 1.807) is 23.1 Å². The SMILES string of the molecule is COc1ccc(C(=O)N(CCC(=O)O)CC(C)C)c(OC)c1. The molecule has 0 radical (unpaired) electrons. The van der Waals surface area contributed by atoms with Gasteiger partial charge in [-0.05, 0) is 18.1 Å². The quantitative estimate of drug-likeness (QED) is 0.797. The number of aliphatic carboxylic acids is 1. The summed E-state index contributed by atoms with van der Waals surface area (Å²) in [7, 11) is 3.02. The third-order valence-electron chi connectivity index (χ3n) is 3.11. The molecule has 1 rings (SSSR count). The molecule has 1 amide bonds. The molecule has 0 aliphatic carbocycles. The molecule has 0 unspecified atom stereocenters. The lowest BCUT2D eigenvalue weighted by Gasteiger charge is -2.25.